The highest BCUT2D eigenvalue weighted by atomic mass is 127. The Morgan fingerprint density at radius 3 is 2.73 bits per heavy atom. The summed E-state index contributed by atoms with van der Waals surface area (Å²) in [5.74, 6) is 1.60. The van der Waals surface area contributed by atoms with Gasteiger partial charge in [-0.15, -0.1) is 0 Å². The summed E-state index contributed by atoms with van der Waals surface area (Å²) in [5.41, 5.74) is 6.15. The van der Waals surface area contributed by atoms with E-state index in [2.05, 4.69) is 32.6 Å². The van der Waals surface area contributed by atoms with Gasteiger partial charge in [-0.2, -0.15) is 0 Å². The lowest BCUT2D eigenvalue weighted by Crippen LogP contribution is -1.99. The molecule has 2 N–H and O–H groups in total. The predicted molar refractivity (Wildman–Crippen MR) is 66.6 cm³/mol. The molecule has 0 saturated heterocycles. The van der Waals surface area contributed by atoms with Gasteiger partial charge >= 0.3 is 0 Å². The van der Waals surface area contributed by atoms with Crippen molar-refractivity contribution in [1.29, 1.82) is 0 Å². The number of hydrogen-bond acceptors (Lipinski definition) is 4. The van der Waals surface area contributed by atoms with Crippen molar-refractivity contribution in [3.63, 3.8) is 0 Å². The first-order valence-electron chi connectivity index (χ1n) is 4.13. The summed E-state index contributed by atoms with van der Waals surface area (Å²) in [7, 11) is 0. The quantitative estimate of drug-likeness (QED) is 0.643. The lowest BCUT2D eigenvalue weighted by molar-refractivity contribution is 0.546. The van der Waals surface area contributed by atoms with Crippen molar-refractivity contribution in [2.24, 2.45) is 0 Å². The molecular formula is C9H7ClIN3O. The third kappa shape index (κ3) is 2.07. The standard InChI is InChI=1S/C9H7ClIN3O/c1-4-2-3-5(15-4)7-6(11)8(10)14-9(12)13-7/h2-3H,1H3,(H2,12,13,14). The molecule has 0 aromatic carbocycles. The predicted octanol–water partition coefficient (Wildman–Crippen LogP) is 2.89. The van der Waals surface area contributed by atoms with Gasteiger partial charge in [-0.05, 0) is 41.6 Å². The molecule has 2 aromatic rings. The van der Waals surface area contributed by atoms with E-state index >= 15 is 0 Å². The van der Waals surface area contributed by atoms with Crippen LogP contribution in [0.5, 0.6) is 0 Å². The average molecular weight is 336 g/mol. The first-order chi connectivity index (χ1) is 7.08. The van der Waals surface area contributed by atoms with E-state index in [4.69, 9.17) is 21.8 Å². The summed E-state index contributed by atoms with van der Waals surface area (Å²) in [4.78, 5) is 7.95. The summed E-state index contributed by atoms with van der Waals surface area (Å²) in [6.45, 7) is 1.86. The monoisotopic (exact) mass is 335 g/mol. The van der Waals surface area contributed by atoms with Crippen molar-refractivity contribution in [2.75, 3.05) is 5.73 Å². The first-order valence-corrected chi connectivity index (χ1v) is 5.59. The Hall–Kier alpha value is -0.820. The number of halogens is 2. The highest BCUT2D eigenvalue weighted by Crippen LogP contribution is 2.29. The van der Waals surface area contributed by atoms with Gasteiger partial charge in [-0.25, -0.2) is 9.97 Å². The first kappa shape index (κ1) is 10.7. The van der Waals surface area contributed by atoms with Crippen LogP contribution in [0.1, 0.15) is 5.76 Å². The van der Waals surface area contributed by atoms with Crippen molar-refractivity contribution in [1.82, 2.24) is 9.97 Å². The number of nitrogen functional groups attached to an aromatic ring is 1. The van der Waals surface area contributed by atoms with E-state index in [1.807, 2.05) is 19.1 Å². The zero-order valence-corrected chi connectivity index (χ0v) is 10.7. The topological polar surface area (TPSA) is 64.9 Å². The molecule has 0 fully saturated rings. The van der Waals surface area contributed by atoms with Gasteiger partial charge in [0.2, 0.25) is 5.95 Å². The Morgan fingerprint density at radius 2 is 2.13 bits per heavy atom. The van der Waals surface area contributed by atoms with Crippen LogP contribution in [-0.4, -0.2) is 9.97 Å². The third-order valence-electron chi connectivity index (χ3n) is 1.80. The van der Waals surface area contributed by atoms with Gasteiger partial charge in [0, 0.05) is 0 Å². The molecule has 0 saturated carbocycles. The van der Waals surface area contributed by atoms with E-state index in [0.717, 1.165) is 9.33 Å². The Labute approximate surface area is 105 Å². The van der Waals surface area contributed by atoms with Crippen LogP contribution in [0.25, 0.3) is 11.5 Å². The van der Waals surface area contributed by atoms with E-state index in [9.17, 15) is 0 Å². The van der Waals surface area contributed by atoms with Gasteiger partial charge in [0.05, 0.1) is 3.57 Å². The molecule has 6 heteroatoms. The summed E-state index contributed by atoms with van der Waals surface area (Å²) in [6.07, 6.45) is 0. The fourth-order valence-corrected chi connectivity index (χ4v) is 1.84. The van der Waals surface area contributed by atoms with Crippen LogP contribution in [-0.2, 0) is 0 Å². The normalized spacial score (nSPS) is 10.6. The Bertz CT molecular complexity index is 512. The summed E-state index contributed by atoms with van der Waals surface area (Å²) >= 11 is 7.96. The average Bonchev–Trinajstić information content (AvgIpc) is 2.58. The summed E-state index contributed by atoms with van der Waals surface area (Å²) in [5, 5.41) is 0.340. The molecule has 0 unspecified atom stereocenters. The lowest BCUT2D eigenvalue weighted by Gasteiger charge is -2.02. The van der Waals surface area contributed by atoms with Crippen LogP contribution >= 0.6 is 34.2 Å². The van der Waals surface area contributed by atoms with Gasteiger partial charge in [-0.1, -0.05) is 11.6 Å². The Kier molecular flexibility index (Phi) is 2.83. The maximum absolute atomic E-state index is 5.90. The molecule has 0 aliphatic heterocycles. The SMILES string of the molecule is Cc1ccc(-c2nc(N)nc(Cl)c2I)o1. The van der Waals surface area contributed by atoms with Crippen molar-refractivity contribution in [3.05, 3.63) is 26.6 Å². The van der Waals surface area contributed by atoms with Crippen LogP contribution in [0, 0.1) is 10.5 Å². The molecule has 2 aromatic heterocycles. The fourth-order valence-electron chi connectivity index (χ4n) is 1.16. The number of aromatic nitrogens is 2. The molecule has 15 heavy (non-hydrogen) atoms. The van der Waals surface area contributed by atoms with Crippen LogP contribution in [0.2, 0.25) is 5.15 Å². The summed E-state index contributed by atoms with van der Waals surface area (Å²) in [6, 6.07) is 3.69. The smallest absolute Gasteiger partial charge is 0.222 e. The largest absolute Gasteiger partial charge is 0.460 e. The van der Waals surface area contributed by atoms with Crippen molar-refractivity contribution < 1.29 is 4.42 Å². The van der Waals surface area contributed by atoms with Gasteiger partial charge < -0.3 is 10.2 Å². The second-order valence-electron chi connectivity index (χ2n) is 2.95. The molecule has 0 spiro atoms. The van der Waals surface area contributed by atoms with Crippen LogP contribution in [0.4, 0.5) is 5.95 Å². The van der Waals surface area contributed by atoms with Crippen LogP contribution in [0.3, 0.4) is 0 Å². The second kappa shape index (κ2) is 3.97. The van der Waals surface area contributed by atoms with Gasteiger partial charge in [0.1, 0.15) is 16.6 Å². The van der Waals surface area contributed by atoms with Crippen LogP contribution in [0.15, 0.2) is 16.5 Å². The molecule has 2 rings (SSSR count). The number of rotatable bonds is 1. The molecule has 0 aliphatic rings. The van der Waals surface area contributed by atoms with E-state index in [1.54, 1.807) is 0 Å². The van der Waals surface area contributed by atoms with E-state index in [-0.39, 0.29) is 5.95 Å². The number of nitrogens with two attached hydrogens (primary N) is 1. The maximum Gasteiger partial charge on any atom is 0.222 e. The minimum atomic E-state index is 0.143. The lowest BCUT2D eigenvalue weighted by atomic mass is 10.3. The fraction of sp³-hybridized carbons (Fsp3) is 0.111. The second-order valence-corrected chi connectivity index (χ2v) is 4.38. The van der Waals surface area contributed by atoms with E-state index < -0.39 is 0 Å². The molecule has 0 aliphatic carbocycles. The minimum Gasteiger partial charge on any atom is -0.460 e. The Balaban J connectivity index is 2.62. The number of nitrogens with zero attached hydrogens (tertiary/aromatic N) is 2. The van der Waals surface area contributed by atoms with Crippen molar-refractivity contribution in [2.45, 2.75) is 6.92 Å². The highest BCUT2D eigenvalue weighted by Gasteiger charge is 2.13. The molecule has 0 bridgehead atoms. The zero-order chi connectivity index (χ0) is 11.0. The number of hydrogen-bond donors (Lipinski definition) is 1. The highest BCUT2D eigenvalue weighted by molar-refractivity contribution is 14.1. The van der Waals surface area contributed by atoms with Crippen LogP contribution < -0.4 is 5.73 Å². The molecular weight excluding hydrogens is 328 g/mol. The minimum absolute atomic E-state index is 0.143. The molecule has 0 radical (unpaired) electrons. The number of furan rings is 1. The number of anilines is 1. The molecule has 0 amide bonds. The molecule has 4 nitrogen and oxygen atoms in total. The molecule has 0 atom stereocenters. The van der Waals surface area contributed by atoms with Gasteiger partial charge in [0.25, 0.3) is 0 Å². The van der Waals surface area contributed by atoms with Gasteiger partial charge in [-0.3, -0.25) is 0 Å². The maximum atomic E-state index is 5.90. The van der Waals surface area contributed by atoms with Crippen molar-refractivity contribution in [3.8, 4) is 11.5 Å². The molecule has 78 valence electrons. The van der Waals surface area contributed by atoms with Gasteiger partial charge in [0.15, 0.2) is 5.76 Å². The number of aryl methyl sites for hydroxylation is 1. The summed E-state index contributed by atoms with van der Waals surface area (Å²) < 4.78 is 6.19. The van der Waals surface area contributed by atoms with E-state index in [0.29, 0.717) is 16.6 Å². The Morgan fingerprint density at radius 1 is 1.40 bits per heavy atom. The molecule has 2 heterocycles. The third-order valence-corrected chi connectivity index (χ3v) is 3.42. The zero-order valence-electron chi connectivity index (χ0n) is 7.79. The van der Waals surface area contributed by atoms with Crippen molar-refractivity contribution >= 4 is 40.1 Å². The van der Waals surface area contributed by atoms with E-state index in [1.165, 1.54) is 0 Å².